The summed E-state index contributed by atoms with van der Waals surface area (Å²) in [5.41, 5.74) is 3.52. The van der Waals surface area contributed by atoms with Crippen LogP contribution < -0.4 is 0 Å². The van der Waals surface area contributed by atoms with Gasteiger partial charge in [-0.1, -0.05) is 36.4 Å². The van der Waals surface area contributed by atoms with Crippen LogP contribution in [-0.4, -0.2) is 16.7 Å². The first kappa shape index (κ1) is 14.1. The quantitative estimate of drug-likeness (QED) is 0.533. The molecule has 0 amide bonds. The Bertz CT molecular complexity index is 1110. The number of hydrogen-bond acceptors (Lipinski definition) is 5. The summed E-state index contributed by atoms with van der Waals surface area (Å²) in [5.74, 6) is 0.427. The first-order chi connectivity index (χ1) is 11.8. The van der Waals surface area contributed by atoms with Crippen LogP contribution in [0.1, 0.15) is 11.5 Å². The Labute approximate surface area is 137 Å². The van der Waals surface area contributed by atoms with Gasteiger partial charge in [-0.05, 0) is 30.0 Å². The number of benzene rings is 2. The van der Waals surface area contributed by atoms with Crippen LogP contribution in [0.3, 0.4) is 0 Å². The van der Waals surface area contributed by atoms with Crippen molar-refractivity contribution >= 4 is 28.8 Å². The van der Waals surface area contributed by atoms with Crippen LogP contribution >= 0.6 is 0 Å². The molecule has 2 aromatic carbocycles. The topological polar surface area (TPSA) is 75.1 Å². The molecule has 0 saturated carbocycles. The van der Waals surface area contributed by atoms with Gasteiger partial charge in [0.05, 0.1) is 11.9 Å². The third-order valence-electron chi connectivity index (χ3n) is 3.85. The van der Waals surface area contributed by atoms with Gasteiger partial charge in [-0.3, -0.25) is 4.99 Å². The second kappa shape index (κ2) is 5.60. The molecule has 0 aliphatic rings. The molecule has 0 aliphatic carbocycles. The maximum Gasteiger partial charge on any atom is 0.232 e. The Balaban J connectivity index is 1.98. The highest BCUT2D eigenvalue weighted by molar-refractivity contribution is 6.06. The molecule has 114 valence electrons. The summed E-state index contributed by atoms with van der Waals surface area (Å²) >= 11 is 0. The number of nitriles is 1. The lowest BCUT2D eigenvalue weighted by Crippen LogP contribution is -1.96. The van der Waals surface area contributed by atoms with Crippen molar-refractivity contribution in [1.29, 1.82) is 5.26 Å². The number of furan rings is 1. The van der Waals surface area contributed by atoms with Gasteiger partial charge < -0.3 is 4.42 Å². The summed E-state index contributed by atoms with van der Waals surface area (Å²) in [5, 5.41) is 10.9. The summed E-state index contributed by atoms with van der Waals surface area (Å²) in [7, 11) is 0. The zero-order valence-corrected chi connectivity index (χ0v) is 12.7. The van der Waals surface area contributed by atoms with Crippen LogP contribution in [0.4, 0.5) is 0 Å². The normalized spacial score (nSPS) is 10.8. The highest BCUT2D eigenvalue weighted by Crippen LogP contribution is 2.32. The minimum atomic E-state index is 0.247. The van der Waals surface area contributed by atoms with Crippen LogP contribution in [0.15, 0.2) is 57.9 Å². The molecule has 24 heavy (non-hydrogen) atoms. The lowest BCUT2D eigenvalue weighted by molar-refractivity contribution is 0.648. The average Bonchev–Trinajstić information content (AvgIpc) is 2.99. The molecule has 0 fully saturated rings. The molecule has 0 radical (unpaired) electrons. The van der Waals surface area contributed by atoms with Gasteiger partial charge in [-0.2, -0.15) is 10.2 Å². The van der Waals surface area contributed by atoms with Crippen molar-refractivity contribution in [2.45, 2.75) is 6.54 Å². The van der Waals surface area contributed by atoms with Crippen molar-refractivity contribution in [2.75, 3.05) is 0 Å². The van der Waals surface area contributed by atoms with E-state index in [9.17, 15) is 5.26 Å². The van der Waals surface area contributed by atoms with Crippen molar-refractivity contribution in [3.8, 4) is 17.2 Å². The molecule has 0 atom stereocenters. The Morgan fingerprint density at radius 2 is 1.92 bits per heavy atom. The number of nitrogens with zero attached hydrogens (tertiary/aromatic N) is 4. The molecule has 4 aromatic rings. The molecule has 0 spiro atoms. The van der Waals surface area contributed by atoms with Gasteiger partial charge in [-0.15, -0.1) is 0 Å². The zero-order chi connectivity index (χ0) is 16.5. The van der Waals surface area contributed by atoms with Gasteiger partial charge in [0, 0.05) is 5.39 Å². The number of hydrogen-bond donors (Lipinski definition) is 0. The Morgan fingerprint density at radius 1 is 1.08 bits per heavy atom. The van der Waals surface area contributed by atoms with Crippen molar-refractivity contribution in [1.82, 2.24) is 9.97 Å². The highest BCUT2D eigenvalue weighted by atomic mass is 16.3. The zero-order valence-electron chi connectivity index (χ0n) is 12.7. The molecule has 2 heterocycles. The predicted octanol–water partition coefficient (Wildman–Crippen LogP) is 4.12. The molecule has 2 aromatic heterocycles. The summed E-state index contributed by atoms with van der Waals surface area (Å²) in [6.07, 6.45) is 0. The maximum atomic E-state index is 9.41. The Morgan fingerprint density at radius 3 is 2.67 bits per heavy atom. The van der Waals surface area contributed by atoms with Crippen molar-refractivity contribution in [3.05, 3.63) is 60.0 Å². The minimum Gasteiger partial charge on any atom is -0.438 e. The predicted molar refractivity (Wildman–Crippen MR) is 92.7 cm³/mol. The first-order valence-corrected chi connectivity index (χ1v) is 7.41. The first-order valence-electron chi connectivity index (χ1n) is 7.41. The van der Waals surface area contributed by atoms with E-state index in [4.69, 9.17) is 4.42 Å². The van der Waals surface area contributed by atoms with Gasteiger partial charge in [0.15, 0.2) is 11.5 Å². The smallest absolute Gasteiger partial charge is 0.232 e. The summed E-state index contributed by atoms with van der Waals surface area (Å²) in [6, 6.07) is 18.1. The van der Waals surface area contributed by atoms with E-state index in [2.05, 4.69) is 27.7 Å². The molecule has 4 rings (SSSR count). The van der Waals surface area contributed by atoms with Gasteiger partial charge in [0.25, 0.3) is 0 Å². The largest absolute Gasteiger partial charge is 0.438 e. The van der Waals surface area contributed by atoms with Gasteiger partial charge in [-0.25, -0.2) is 4.98 Å². The molecule has 0 unspecified atom stereocenters. The maximum absolute atomic E-state index is 9.41. The summed E-state index contributed by atoms with van der Waals surface area (Å²) in [6.45, 7) is 3.68. The fraction of sp³-hybridized carbons (Fsp3) is 0.0526. The molecule has 5 heteroatoms. The van der Waals surface area contributed by atoms with Crippen LogP contribution in [-0.2, 0) is 6.54 Å². The lowest BCUT2D eigenvalue weighted by atomic mass is 10.0. The van der Waals surface area contributed by atoms with Crippen molar-refractivity contribution < 1.29 is 4.42 Å². The fourth-order valence-corrected chi connectivity index (χ4v) is 2.78. The van der Waals surface area contributed by atoms with E-state index in [1.165, 1.54) is 0 Å². The fourth-order valence-electron chi connectivity index (χ4n) is 2.78. The van der Waals surface area contributed by atoms with E-state index in [1.54, 1.807) is 0 Å². The second-order valence-electron chi connectivity index (χ2n) is 5.34. The number of aliphatic imine (C=N–C) groups is 1. The van der Waals surface area contributed by atoms with Gasteiger partial charge in [0.2, 0.25) is 5.71 Å². The van der Waals surface area contributed by atoms with E-state index < -0.39 is 0 Å². The number of rotatable bonds is 3. The van der Waals surface area contributed by atoms with Crippen LogP contribution in [0.25, 0.3) is 33.2 Å². The van der Waals surface area contributed by atoms with Crippen molar-refractivity contribution in [3.63, 3.8) is 0 Å². The molecule has 0 aliphatic heterocycles. The van der Waals surface area contributed by atoms with E-state index >= 15 is 0 Å². The van der Waals surface area contributed by atoms with Gasteiger partial charge in [0.1, 0.15) is 11.7 Å². The molecule has 0 saturated heterocycles. The SMILES string of the molecule is C=NCc1nc(C#N)c2c(n1)oc1cc(-c3ccccc3)ccc12. The molecular weight excluding hydrogens is 300 g/mol. The highest BCUT2D eigenvalue weighted by Gasteiger charge is 2.16. The van der Waals surface area contributed by atoms with E-state index in [0.717, 1.165) is 16.5 Å². The third kappa shape index (κ3) is 2.22. The van der Waals surface area contributed by atoms with Crippen LogP contribution in [0, 0.1) is 11.3 Å². The van der Waals surface area contributed by atoms with E-state index in [0.29, 0.717) is 28.2 Å². The third-order valence-corrected chi connectivity index (χ3v) is 3.85. The van der Waals surface area contributed by atoms with E-state index in [1.807, 2.05) is 48.5 Å². The second-order valence-corrected chi connectivity index (χ2v) is 5.34. The Hall–Kier alpha value is -3.52. The Kier molecular flexibility index (Phi) is 3.29. The van der Waals surface area contributed by atoms with E-state index in [-0.39, 0.29) is 6.54 Å². The number of fused-ring (bicyclic) bond motifs is 3. The molecular formula is C19H12N4O. The summed E-state index contributed by atoms with van der Waals surface area (Å²) < 4.78 is 5.88. The standard InChI is InChI=1S/C19H12N4O/c1-21-11-17-22-15(10-20)18-14-8-7-13(12-5-3-2-4-6-12)9-16(14)24-19(18)23-17/h2-9H,1,11H2. The molecule has 5 nitrogen and oxygen atoms in total. The minimum absolute atomic E-state index is 0.247. The monoisotopic (exact) mass is 312 g/mol. The number of aromatic nitrogens is 2. The van der Waals surface area contributed by atoms with Crippen LogP contribution in [0.2, 0.25) is 0 Å². The molecule has 0 N–H and O–H groups in total. The van der Waals surface area contributed by atoms with Crippen LogP contribution in [0.5, 0.6) is 0 Å². The lowest BCUT2D eigenvalue weighted by Gasteiger charge is -2.00. The average molecular weight is 312 g/mol. The van der Waals surface area contributed by atoms with Gasteiger partial charge >= 0.3 is 0 Å². The summed E-state index contributed by atoms with van der Waals surface area (Å²) in [4.78, 5) is 12.4. The molecule has 0 bridgehead atoms. The van der Waals surface area contributed by atoms with Crippen molar-refractivity contribution in [2.24, 2.45) is 4.99 Å².